The summed E-state index contributed by atoms with van der Waals surface area (Å²) in [7, 11) is 0. The Morgan fingerprint density at radius 2 is 1.92 bits per heavy atom. The van der Waals surface area contributed by atoms with Crippen molar-refractivity contribution in [2.75, 3.05) is 22.3 Å². The Kier molecular flexibility index (Phi) is 6.33. The number of halogens is 2. The Bertz CT molecular complexity index is 879. The van der Waals surface area contributed by atoms with Crippen molar-refractivity contribution in [3.05, 3.63) is 59.5 Å². The number of nitrogens with zero attached hydrogens (tertiary/aromatic N) is 3. The van der Waals surface area contributed by atoms with E-state index in [0.717, 1.165) is 22.5 Å². The van der Waals surface area contributed by atoms with E-state index in [1.54, 1.807) is 18.3 Å². The summed E-state index contributed by atoms with van der Waals surface area (Å²) in [6.45, 7) is 0. The van der Waals surface area contributed by atoms with Crippen LogP contribution < -0.4 is 10.3 Å². The van der Waals surface area contributed by atoms with E-state index in [0.29, 0.717) is 17.1 Å². The van der Waals surface area contributed by atoms with Crippen molar-refractivity contribution in [2.45, 2.75) is 0 Å². The summed E-state index contributed by atoms with van der Waals surface area (Å²) in [5.41, 5.74) is 6.55. The summed E-state index contributed by atoms with van der Waals surface area (Å²) in [5, 5.41) is 16.2. The van der Waals surface area contributed by atoms with Crippen LogP contribution in [0.5, 0.6) is 5.75 Å². The quantitative estimate of drug-likeness (QED) is 0.246. The molecule has 0 aliphatic rings. The van der Waals surface area contributed by atoms with Gasteiger partial charge < -0.3 is 10.0 Å². The monoisotopic (exact) mass is 406 g/mol. The van der Waals surface area contributed by atoms with E-state index in [-0.39, 0.29) is 5.75 Å². The minimum atomic E-state index is 0.232. The van der Waals surface area contributed by atoms with Crippen molar-refractivity contribution < 1.29 is 5.11 Å². The number of nitrogens with one attached hydrogen (secondary N) is 1. The number of benzene rings is 2. The van der Waals surface area contributed by atoms with Gasteiger partial charge in [-0.05, 0) is 42.0 Å². The highest BCUT2D eigenvalue weighted by Gasteiger charge is 2.05. The fourth-order valence-corrected chi connectivity index (χ4v) is 3.42. The molecular formula is C18H16Cl2N4OS. The van der Waals surface area contributed by atoms with Crippen LogP contribution in [0, 0.1) is 0 Å². The molecule has 134 valence electrons. The van der Waals surface area contributed by atoms with E-state index < -0.39 is 0 Å². The average molecular weight is 407 g/mol. The number of alkyl halides is 2. The Hall–Kier alpha value is -2.28. The second kappa shape index (κ2) is 8.89. The molecule has 0 unspecified atom stereocenters. The molecule has 0 saturated heterocycles. The summed E-state index contributed by atoms with van der Waals surface area (Å²) in [6.07, 6.45) is 1.71. The predicted molar refractivity (Wildman–Crippen MR) is 111 cm³/mol. The first-order valence-electron chi connectivity index (χ1n) is 7.70. The number of phenols is 1. The van der Waals surface area contributed by atoms with Gasteiger partial charge in [0.2, 0.25) is 5.13 Å². The number of phenolic OH excluding ortho intramolecular Hbond substituents is 1. The largest absolute Gasteiger partial charge is 0.508 e. The molecule has 0 aliphatic carbocycles. The van der Waals surface area contributed by atoms with E-state index in [1.165, 1.54) is 11.3 Å². The van der Waals surface area contributed by atoms with E-state index >= 15 is 0 Å². The lowest BCUT2D eigenvalue weighted by molar-refractivity contribution is 0.475. The number of hydrogen-bond acceptors (Lipinski definition) is 6. The topological polar surface area (TPSA) is 60.8 Å². The minimum absolute atomic E-state index is 0.232. The lowest BCUT2D eigenvalue weighted by Gasteiger charge is -2.18. The maximum atomic E-state index is 9.35. The fourth-order valence-electron chi connectivity index (χ4n) is 2.22. The fraction of sp³-hybridized carbons (Fsp3) is 0.111. The molecule has 2 N–H and O–H groups in total. The van der Waals surface area contributed by atoms with E-state index in [1.807, 2.05) is 46.7 Å². The number of thiazole rings is 1. The van der Waals surface area contributed by atoms with Crippen LogP contribution >= 0.6 is 34.5 Å². The molecule has 0 bridgehead atoms. The summed E-state index contributed by atoms with van der Waals surface area (Å²) < 4.78 is 0. The molecule has 1 aromatic heterocycles. The molecule has 1 heterocycles. The SMILES string of the molecule is Oc1ccc(-c2csc(N/N=C/c3cccc(N(CCl)CCl)c3)n2)cc1. The van der Waals surface area contributed by atoms with Crippen molar-refractivity contribution >= 4 is 51.6 Å². The van der Waals surface area contributed by atoms with Crippen molar-refractivity contribution in [3.8, 4) is 17.0 Å². The molecule has 3 aromatic rings. The molecule has 0 aliphatic heterocycles. The Morgan fingerprint density at radius 1 is 1.15 bits per heavy atom. The van der Waals surface area contributed by atoms with Gasteiger partial charge in [-0.25, -0.2) is 4.98 Å². The Balaban J connectivity index is 1.66. The van der Waals surface area contributed by atoms with Crippen LogP contribution in [0.1, 0.15) is 5.56 Å². The molecule has 0 spiro atoms. The Labute approximate surface area is 165 Å². The lowest BCUT2D eigenvalue weighted by Crippen LogP contribution is -2.19. The molecule has 0 radical (unpaired) electrons. The smallest absolute Gasteiger partial charge is 0.203 e. The highest BCUT2D eigenvalue weighted by atomic mass is 35.5. The minimum Gasteiger partial charge on any atom is -0.508 e. The summed E-state index contributed by atoms with van der Waals surface area (Å²) in [4.78, 5) is 6.31. The normalized spacial score (nSPS) is 11.0. The molecule has 0 saturated carbocycles. The van der Waals surface area contributed by atoms with Gasteiger partial charge in [0.1, 0.15) is 5.75 Å². The number of anilines is 2. The number of aromatic nitrogens is 1. The van der Waals surface area contributed by atoms with Gasteiger partial charge in [0.25, 0.3) is 0 Å². The molecular weight excluding hydrogens is 391 g/mol. The molecule has 0 amide bonds. The third-order valence-corrected chi connectivity index (χ3v) is 4.89. The van der Waals surface area contributed by atoms with Gasteiger partial charge in [-0.1, -0.05) is 12.1 Å². The lowest BCUT2D eigenvalue weighted by atomic mass is 10.2. The van der Waals surface area contributed by atoms with Crippen LogP contribution in [0.4, 0.5) is 10.8 Å². The number of hydrogen-bond donors (Lipinski definition) is 2. The third kappa shape index (κ3) is 4.66. The zero-order valence-corrected chi connectivity index (χ0v) is 16.0. The van der Waals surface area contributed by atoms with Gasteiger partial charge in [-0.3, -0.25) is 5.43 Å². The third-order valence-electron chi connectivity index (χ3n) is 3.56. The summed E-state index contributed by atoms with van der Waals surface area (Å²) >= 11 is 13.2. The van der Waals surface area contributed by atoms with Crippen LogP contribution in [0.2, 0.25) is 0 Å². The van der Waals surface area contributed by atoms with Gasteiger partial charge in [0.05, 0.1) is 23.9 Å². The summed E-state index contributed by atoms with van der Waals surface area (Å²) in [6, 6.07) is 15.3. The summed E-state index contributed by atoms with van der Waals surface area (Å²) in [5.74, 6) is 0.232. The van der Waals surface area contributed by atoms with E-state index in [9.17, 15) is 5.11 Å². The van der Waals surface area contributed by atoms with Crippen molar-refractivity contribution in [2.24, 2.45) is 5.10 Å². The molecule has 0 fully saturated rings. The van der Waals surface area contributed by atoms with Gasteiger partial charge in [0.15, 0.2) is 0 Å². The zero-order valence-electron chi connectivity index (χ0n) is 13.6. The first-order valence-corrected chi connectivity index (χ1v) is 9.65. The van der Waals surface area contributed by atoms with Crippen LogP contribution in [-0.2, 0) is 0 Å². The van der Waals surface area contributed by atoms with Crippen LogP contribution in [-0.4, -0.2) is 28.3 Å². The van der Waals surface area contributed by atoms with Crippen LogP contribution in [0.15, 0.2) is 59.0 Å². The molecule has 3 rings (SSSR count). The van der Waals surface area contributed by atoms with Gasteiger partial charge >= 0.3 is 0 Å². The average Bonchev–Trinajstić information content (AvgIpc) is 3.13. The van der Waals surface area contributed by atoms with Crippen molar-refractivity contribution in [1.82, 2.24) is 4.98 Å². The molecule has 26 heavy (non-hydrogen) atoms. The molecule has 0 atom stereocenters. The first kappa shape index (κ1) is 18.5. The maximum absolute atomic E-state index is 9.35. The highest BCUT2D eigenvalue weighted by Crippen LogP contribution is 2.26. The molecule has 5 nitrogen and oxygen atoms in total. The van der Waals surface area contributed by atoms with Crippen molar-refractivity contribution in [1.29, 1.82) is 0 Å². The first-order chi connectivity index (χ1) is 12.7. The van der Waals surface area contributed by atoms with Crippen LogP contribution in [0.25, 0.3) is 11.3 Å². The van der Waals surface area contributed by atoms with Crippen molar-refractivity contribution in [3.63, 3.8) is 0 Å². The van der Waals surface area contributed by atoms with Gasteiger partial charge in [0, 0.05) is 16.6 Å². The molecule has 2 aromatic carbocycles. The van der Waals surface area contributed by atoms with Crippen LogP contribution in [0.3, 0.4) is 0 Å². The zero-order chi connectivity index (χ0) is 18.4. The standard InChI is InChI=1S/C18H16Cl2N4OS/c19-11-24(12-20)15-3-1-2-13(8-15)9-21-23-18-22-17(10-26-18)14-4-6-16(25)7-5-14/h1-10,25H,11-12H2,(H,22,23)/b21-9+. The Morgan fingerprint density at radius 3 is 2.65 bits per heavy atom. The predicted octanol–water partition coefficient (Wildman–Crippen LogP) is 5.16. The second-order valence-electron chi connectivity index (χ2n) is 5.33. The maximum Gasteiger partial charge on any atom is 0.203 e. The van der Waals surface area contributed by atoms with E-state index in [4.69, 9.17) is 23.2 Å². The second-order valence-corrected chi connectivity index (χ2v) is 6.66. The highest BCUT2D eigenvalue weighted by molar-refractivity contribution is 7.14. The van der Waals surface area contributed by atoms with Gasteiger partial charge in [-0.15, -0.1) is 34.5 Å². The number of aromatic hydroxyl groups is 1. The number of rotatable bonds is 7. The van der Waals surface area contributed by atoms with E-state index in [2.05, 4.69) is 15.5 Å². The van der Waals surface area contributed by atoms with Gasteiger partial charge in [-0.2, -0.15) is 5.10 Å². The molecule has 8 heteroatoms. The number of hydrazone groups is 1.